The molecule has 2 saturated carbocycles. The van der Waals surface area contributed by atoms with Crippen LogP contribution in [0.2, 0.25) is 0 Å². The molecule has 33 heavy (non-hydrogen) atoms. The monoisotopic (exact) mass is 466 g/mol. The van der Waals surface area contributed by atoms with Crippen LogP contribution in [-0.4, -0.2) is 63.7 Å². The van der Waals surface area contributed by atoms with Gasteiger partial charge in [-0.05, 0) is 55.4 Å². The van der Waals surface area contributed by atoms with Crippen LogP contribution in [0.5, 0.6) is 0 Å². The van der Waals surface area contributed by atoms with Crippen molar-refractivity contribution in [1.29, 1.82) is 0 Å². The molecule has 10 atom stereocenters. The van der Waals surface area contributed by atoms with Crippen molar-refractivity contribution in [3.8, 4) is 0 Å². The summed E-state index contributed by atoms with van der Waals surface area (Å²) in [5.41, 5.74) is -2.29. The maximum absolute atomic E-state index is 13.2. The topological polar surface area (TPSA) is 109 Å². The standard InChI is InChI=1S/C26H42O7/c1-7-15(2)10-16(3)11-24(29,14-27)22(28)32-20-9-8-18(5)23(6)12-19-17(4)13-31-26(19,30)21-25(20,23)33-21/h15-16,18-21,27,29-30H,4,7-14H2,1-3,5-6H3/t15?,16?,18-,19-,20+,21-,23+,24?,25+,26+/m0/s1. The Morgan fingerprint density at radius 2 is 2.03 bits per heavy atom. The predicted octanol–water partition coefficient (Wildman–Crippen LogP) is 2.95. The van der Waals surface area contributed by atoms with Gasteiger partial charge in [0.1, 0.15) is 17.8 Å². The molecule has 0 bridgehead atoms. The van der Waals surface area contributed by atoms with Gasteiger partial charge in [0.05, 0.1) is 13.2 Å². The van der Waals surface area contributed by atoms with Crippen LogP contribution in [0.15, 0.2) is 12.2 Å². The highest BCUT2D eigenvalue weighted by molar-refractivity contribution is 5.79. The SMILES string of the molecule is C=C1CO[C@@]2(O)[C@H]3O[C@]34[C@H](OC(=O)C(O)(CO)CC(C)CC(C)CC)CC[C@H](C)[C@@]4(C)C[C@@H]12. The number of hydrogen-bond donors (Lipinski definition) is 3. The Morgan fingerprint density at radius 1 is 1.33 bits per heavy atom. The van der Waals surface area contributed by atoms with Crippen molar-refractivity contribution in [2.45, 2.75) is 102 Å². The summed E-state index contributed by atoms with van der Waals surface area (Å²) in [6.07, 6.45) is 2.84. The van der Waals surface area contributed by atoms with E-state index in [1.807, 2.05) is 6.92 Å². The smallest absolute Gasteiger partial charge is 0.340 e. The first-order chi connectivity index (χ1) is 15.4. The average Bonchev–Trinajstić information content (AvgIpc) is 3.48. The number of epoxide rings is 1. The lowest BCUT2D eigenvalue weighted by Crippen LogP contribution is -2.64. The van der Waals surface area contributed by atoms with Crippen LogP contribution in [0.25, 0.3) is 0 Å². The quantitative estimate of drug-likeness (QED) is 0.287. The molecule has 4 fully saturated rings. The third-order valence-electron chi connectivity index (χ3n) is 9.53. The summed E-state index contributed by atoms with van der Waals surface area (Å²) in [4.78, 5) is 13.2. The van der Waals surface area contributed by atoms with E-state index < -0.39 is 41.8 Å². The Balaban J connectivity index is 1.55. The van der Waals surface area contributed by atoms with Crippen molar-refractivity contribution in [2.24, 2.45) is 29.1 Å². The van der Waals surface area contributed by atoms with Gasteiger partial charge in [-0.2, -0.15) is 0 Å². The second-order valence-corrected chi connectivity index (χ2v) is 11.8. The zero-order chi connectivity index (χ0) is 24.4. The molecule has 0 amide bonds. The second kappa shape index (κ2) is 8.30. The van der Waals surface area contributed by atoms with Crippen LogP contribution in [0.4, 0.5) is 0 Å². The van der Waals surface area contributed by atoms with Gasteiger partial charge in [0.25, 0.3) is 0 Å². The number of esters is 1. The summed E-state index contributed by atoms with van der Waals surface area (Å²) in [5.74, 6) is -1.67. The van der Waals surface area contributed by atoms with Crippen LogP contribution in [0.3, 0.4) is 0 Å². The molecule has 2 heterocycles. The maximum Gasteiger partial charge on any atom is 0.340 e. The van der Waals surface area contributed by atoms with Gasteiger partial charge in [-0.3, -0.25) is 0 Å². The van der Waals surface area contributed by atoms with Crippen LogP contribution in [-0.2, 0) is 19.0 Å². The van der Waals surface area contributed by atoms with Gasteiger partial charge < -0.3 is 29.5 Å². The normalized spacial score (nSPS) is 45.3. The number of fused-ring (bicyclic) bond motifs is 2. The highest BCUT2D eigenvalue weighted by Gasteiger charge is 2.85. The fourth-order valence-electron chi connectivity index (χ4n) is 7.07. The molecule has 0 aromatic rings. The molecule has 7 heteroatoms. The first-order valence-corrected chi connectivity index (χ1v) is 12.6. The van der Waals surface area contributed by atoms with Crippen LogP contribution in [0.1, 0.15) is 73.1 Å². The number of hydrogen-bond acceptors (Lipinski definition) is 7. The van der Waals surface area contributed by atoms with Crippen LogP contribution < -0.4 is 0 Å². The van der Waals surface area contributed by atoms with Gasteiger partial charge in [0.15, 0.2) is 5.60 Å². The Hall–Kier alpha value is -0.990. The second-order valence-electron chi connectivity index (χ2n) is 11.8. The summed E-state index contributed by atoms with van der Waals surface area (Å²) in [6, 6.07) is 0. The molecule has 1 spiro atoms. The first kappa shape index (κ1) is 25.1. The number of carbonyl (C=O) groups is 1. The highest BCUT2D eigenvalue weighted by atomic mass is 16.7. The Kier molecular flexibility index (Phi) is 6.32. The molecule has 3 N–H and O–H groups in total. The number of rotatable bonds is 8. The Bertz CT molecular complexity index is 800. The van der Waals surface area contributed by atoms with E-state index in [9.17, 15) is 20.1 Å². The first-order valence-electron chi connectivity index (χ1n) is 12.6. The summed E-state index contributed by atoms with van der Waals surface area (Å²) in [5, 5.41) is 32.4. The minimum Gasteiger partial charge on any atom is -0.457 e. The summed E-state index contributed by atoms with van der Waals surface area (Å²) in [6.45, 7) is 14.3. The van der Waals surface area contributed by atoms with Crippen molar-refractivity contribution in [3.63, 3.8) is 0 Å². The molecule has 2 aliphatic heterocycles. The fraction of sp³-hybridized carbons (Fsp3) is 0.885. The summed E-state index contributed by atoms with van der Waals surface area (Å²) in [7, 11) is 0. The molecular weight excluding hydrogens is 424 g/mol. The van der Waals surface area contributed by atoms with Crippen molar-refractivity contribution in [2.75, 3.05) is 13.2 Å². The summed E-state index contributed by atoms with van der Waals surface area (Å²) < 4.78 is 18.0. The maximum atomic E-state index is 13.2. The van der Waals surface area contributed by atoms with Crippen molar-refractivity contribution < 1.29 is 34.3 Å². The largest absolute Gasteiger partial charge is 0.457 e. The lowest BCUT2D eigenvalue weighted by Gasteiger charge is -2.54. The van der Waals surface area contributed by atoms with Gasteiger partial charge in [-0.1, -0.05) is 47.6 Å². The molecule has 4 aliphatic rings. The van der Waals surface area contributed by atoms with Gasteiger partial charge in [-0.25, -0.2) is 4.79 Å². The number of ether oxygens (including phenoxy) is 3. The molecule has 4 rings (SSSR count). The minimum atomic E-state index is -1.96. The van der Waals surface area contributed by atoms with E-state index in [1.165, 1.54) is 0 Å². The Labute approximate surface area is 197 Å². The number of aliphatic hydroxyl groups is 3. The van der Waals surface area contributed by atoms with Crippen LogP contribution in [0, 0.1) is 29.1 Å². The highest BCUT2D eigenvalue weighted by Crippen LogP contribution is 2.72. The molecule has 0 radical (unpaired) electrons. The van der Waals surface area contributed by atoms with E-state index in [-0.39, 0.29) is 23.7 Å². The third kappa shape index (κ3) is 3.61. The Morgan fingerprint density at radius 3 is 2.67 bits per heavy atom. The fourth-order valence-corrected chi connectivity index (χ4v) is 7.07. The average molecular weight is 467 g/mol. The molecule has 188 valence electrons. The molecule has 3 unspecified atom stereocenters. The molecule has 7 nitrogen and oxygen atoms in total. The van der Waals surface area contributed by atoms with E-state index in [4.69, 9.17) is 14.2 Å². The lowest BCUT2D eigenvalue weighted by atomic mass is 9.51. The van der Waals surface area contributed by atoms with E-state index in [0.717, 1.165) is 24.8 Å². The van der Waals surface area contributed by atoms with Crippen molar-refractivity contribution in [1.82, 2.24) is 0 Å². The van der Waals surface area contributed by atoms with Crippen LogP contribution >= 0.6 is 0 Å². The van der Waals surface area contributed by atoms with Gasteiger partial charge in [-0.15, -0.1) is 0 Å². The number of carbonyl (C=O) groups excluding carboxylic acids is 1. The van der Waals surface area contributed by atoms with Gasteiger partial charge >= 0.3 is 5.97 Å². The molecule has 0 aromatic carbocycles. The van der Waals surface area contributed by atoms with Gasteiger partial charge in [0, 0.05) is 11.3 Å². The molecule has 2 saturated heterocycles. The molecular formula is C26H42O7. The van der Waals surface area contributed by atoms with Crippen molar-refractivity contribution >= 4 is 5.97 Å². The summed E-state index contributed by atoms with van der Waals surface area (Å²) >= 11 is 0. The van der Waals surface area contributed by atoms with Crippen molar-refractivity contribution in [3.05, 3.63) is 12.2 Å². The third-order valence-corrected chi connectivity index (χ3v) is 9.53. The zero-order valence-corrected chi connectivity index (χ0v) is 20.8. The van der Waals surface area contributed by atoms with E-state index in [0.29, 0.717) is 31.3 Å². The van der Waals surface area contributed by atoms with E-state index in [2.05, 4.69) is 34.3 Å². The number of aliphatic hydroxyl groups excluding tert-OH is 1. The zero-order valence-electron chi connectivity index (χ0n) is 20.8. The minimum absolute atomic E-state index is 0.0541. The van der Waals surface area contributed by atoms with Gasteiger partial charge in [0.2, 0.25) is 5.79 Å². The molecule has 2 aliphatic carbocycles. The van der Waals surface area contributed by atoms with E-state index in [1.54, 1.807) is 0 Å². The lowest BCUT2D eigenvalue weighted by molar-refractivity contribution is -0.234. The molecule has 0 aromatic heterocycles. The predicted molar refractivity (Wildman–Crippen MR) is 122 cm³/mol. The van der Waals surface area contributed by atoms with E-state index >= 15 is 0 Å².